The number of hydrogen-bond donors (Lipinski definition) is 1. The minimum atomic E-state index is 0.630. The van der Waals surface area contributed by atoms with Crippen LogP contribution in [0.1, 0.15) is 0 Å². The van der Waals surface area contributed by atoms with E-state index < -0.39 is 0 Å². The SMILES string of the molecule is Nc1cnncc1N1CCN(C2COC2)CC1. The highest BCUT2D eigenvalue weighted by molar-refractivity contribution is 5.65. The van der Waals surface area contributed by atoms with Gasteiger partial charge in [0, 0.05) is 26.2 Å². The molecule has 0 atom stereocenters. The average molecular weight is 235 g/mol. The Kier molecular flexibility index (Phi) is 2.82. The third kappa shape index (κ3) is 2.05. The summed E-state index contributed by atoms with van der Waals surface area (Å²) in [6.45, 7) is 5.89. The van der Waals surface area contributed by atoms with Crippen molar-refractivity contribution < 1.29 is 4.74 Å². The van der Waals surface area contributed by atoms with Gasteiger partial charge >= 0.3 is 0 Å². The van der Waals surface area contributed by atoms with Crippen LogP contribution in [0.2, 0.25) is 0 Å². The number of hydrogen-bond acceptors (Lipinski definition) is 6. The summed E-state index contributed by atoms with van der Waals surface area (Å²) >= 11 is 0. The molecule has 0 spiro atoms. The maximum atomic E-state index is 5.91. The molecule has 0 unspecified atom stereocenters. The molecule has 3 rings (SSSR count). The van der Waals surface area contributed by atoms with E-state index in [0.717, 1.165) is 45.1 Å². The molecule has 3 heterocycles. The van der Waals surface area contributed by atoms with Gasteiger partial charge in [0.05, 0.1) is 43.0 Å². The summed E-state index contributed by atoms with van der Waals surface area (Å²) in [6, 6.07) is 0.630. The van der Waals surface area contributed by atoms with Gasteiger partial charge in [0.15, 0.2) is 0 Å². The summed E-state index contributed by atoms with van der Waals surface area (Å²) in [5, 5.41) is 7.67. The van der Waals surface area contributed by atoms with E-state index in [1.807, 2.05) is 0 Å². The lowest BCUT2D eigenvalue weighted by Gasteiger charge is -2.43. The van der Waals surface area contributed by atoms with E-state index in [9.17, 15) is 0 Å². The summed E-state index contributed by atoms with van der Waals surface area (Å²) in [7, 11) is 0. The van der Waals surface area contributed by atoms with Gasteiger partial charge in [0.2, 0.25) is 0 Å². The molecule has 1 aromatic heterocycles. The zero-order chi connectivity index (χ0) is 11.7. The van der Waals surface area contributed by atoms with E-state index in [1.165, 1.54) is 0 Å². The third-order valence-corrected chi connectivity index (χ3v) is 3.53. The Morgan fingerprint density at radius 2 is 1.82 bits per heavy atom. The van der Waals surface area contributed by atoms with E-state index in [-0.39, 0.29) is 0 Å². The Bertz CT molecular complexity index is 387. The van der Waals surface area contributed by atoms with Gasteiger partial charge < -0.3 is 15.4 Å². The average Bonchev–Trinajstić information content (AvgIpc) is 2.29. The summed E-state index contributed by atoms with van der Waals surface area (Å²) in [5.74, 6) is 0. The maximum absolute atomic E-state index is 5.91. The van der Waals surface area contributed by atoms with Crippen molar-refractivity contribution in [3.05, 3.63) is 12.4 Å². The smallest absolute Gasteiger partial charge is 0.0822 e. The van der Waals surface area contributed by atoms with Crippen LogP contribution < -0.4 is 10.6 Å². The molecule has 2 saturated heterocycles. The Hall–Kier alpha value is -1.40. The van der Waals surface area contributed by atoms with Crippen molar-refractivity contribution in [2.75, 3.05) is 50.0 Å². The van der Waals surface area contributed by atoms with Gasteiger partial charge in [-0.05, 0) is 0 Å². The van der Waals surface area contributed by atoms with Crippen LogP contribution in [0.25, 0.3) is 0 Å². The number of anilines is 2. The molecule has 2 fully saturated rings. The highest BCUT2D eigenvalue weighted by atomic mass is 16.5. The van der Waals surface area contributed by atoms with Crippen LogP contribution in [0.15, 0.2) is 12.4 Å². The number of nitrogens with zero attached hydrogens (tertiary/aromatic N) is 4. The van der Waals surface area contributed by atoms with E-state index in [4.69, 9.17) is 10.5 Å². The van der Waals surface area contributed by atoms with E-state index in [0.29, 0.717) is 11.7 Å². The monoisotopic (exact) mass is 235 g/mol. The molecule has 0 bridgehead atoms. The number of piperazine rings is 1. The lowest BCUT2D eigenvalue weighted by Crippen LogP contribution is -2.56. The van der Waals surface area contributed by atoms with Gasteiger partial charge in [-0.1, -0.05) is 0 Å². The second-order valence-corrected chi connectivity index (χ2v) is 4.54. The normalized spacial score (nSPS) is 22.5. The van der Waals surface area contributed by atoms with Crippen LogP contribution in [0.4, 0.5) is 11.4 Å². The van der Waals surface area contributed by atoms with Gasteiger partial charge in [0.25, 0.3) is 0 Å². The molecular weight excluding hydrogens is 218 g/mol. The van der Waals surface area contributed by atoms with Crippen molar-refractivity contribution in [1.29, 1.82) is 0 Å². The summed E-state index contributed by atoms with van der Waals surface area (Å²) < 4.78 is 5.23. The minimum Gasteiger partial charge on any atom is -0.396 e. The lowest BCUT2D eigenvalue weighted by molar-refractivity contribution is -0.0660. The number of nitrogens with two attached hydrogens (primary N) is 1. The van der Waals surface area contributed by atoms with Crippen LogP contribution in [0, 0.1) is 0 Å². The summed E-state index contributed by atoms with van der Waals surface area (Å²) in [5.41, 5.74) is 7.62. The molecule has 2 N–H and O–H groups in total. The fraction of sp³-hybridized carbons (Fsp3) is 0.636. The van der Waals surface area contributed by atoms with Crippen molar-refractivity contribution in [1.82, 2.24) is 15.1 Å². The highest BCUT2D eigenvalue weighted by Gasteiger charge is 2.29. The fourth-order valence-electron chi connectivity index (χ4n) is 2.35. The minimum absolute atomic E-state index is 0.630. The number of aromatic nitrogens is 2. The van der Waals surface area contributed by atoms with Crippen LogP contribution in [0.3, 0.4) is 0 Å². The molecule has 17 heavy (non-hydrogen) atoms. The summed E-state index contributed by atoms with van der Waals surface area (Å²) in [4.78, 5) is 4.77. The van der Waals surface area contributed by atoms with Crippen molar-refractivity contribution in [2.45, 2.75) is 6.04 Å². The van der Waals surface area contributed by atoms with E-state index in [1.54, 1.807) is 12.4 Å². The first-order valence-corrected chi connectivity index (χ1v) is 5.97. The van der Waals surface area contributed by atoms with Crippen LogP contribution in [0.5, 0.6) is 0 Å². The molecule has 1 aromatic rings. The maximum Gasteiger partial charge on any atom is 0.0822 e. The molecular formula is C11H17N5O. The lowest BCUT2D eigenvalue weighted by atomic mass is 10.1. The highest BCUT2D eigenvalue weighted by Crippen LogP contribution is 2.22. The molecule has 6 heteroatoms. The zero-order valence-electron chi connectivity index (χ0n) is 9.75. The molecule has 0 amide bonds. The molecule has 92 valence electrons. The first-order chi connectivity index (χ1) is 8.34. The molecule has 2 aliphatic rings. The predicted molar refractivity (Wildman–Crippen MR) is 64.8 cm³/mol. The molecule has 0 radical (unpaired) electrons. The van der Waals surface area contributed by atoms with Crippen LogP contribution >= 0.6 is 0 Å². The number of ether oxygens (including phenoxy) is 1. The molecule has 0 saturated carbocycles. The van der Waals surface area contributed by atoms with Gasteiger partial charge in [-0.2, -0.15) is 10.2 Å². The van der Waals surface area contributed by atoms with Gasteiger partial charge in [-0.25, -0.2) is 0 Å². The third-order valence-electron chi connectivity index (χ3n) is 3.53. The van der Waals surface area contributed by atoms with E-state index >= 15 is 0 Å². The first-order valence-electron chi connectivity index (χ1n) is 5.97. The largest absolute Gasteiger partial charge is 0.396 e. The van der Waals surface area contributed by atoms with Crippen molar-refractivity contribution in [2.24, 2.45) is 0 Å². The topological polar surface area (TPSA) is 67.5 Å². The number of nitrogen functional groups attached to an aromatic ring is 1. The Morgan fingerprint density at radius 3 is 2.41 bits per heavy atom. The van der Waals surface area contributed by atoms with Crippen LogP contribution in [-0.2, 0) is 4.74 Å². The molecule has 2 aliphatic heterocycles. The Balaban J connectivity index is 1.63. The zero-order valence-corrected chi connectivity index (χ0v) is 9.75. The second kappa shape index (κ2) is 4.46. The first kappa shape index (κ1) is 10.7. The van der Waals surface area contributed by atoms with Gasteiger partial charge in [-0.3, -0.25) is 4.90 Å². The van der Waals surface area contributed by atoms with Gasteiger partial charge in [0.1, 0.15) is 0 Å². The van der Waals surface area contributed by atoms with Gasteiger partial charge in [-0.15, -0.1) is 0 Å². The summed E-state index contributed by atoms with van der Waals surface area (Å²) in [6.07, 6.45) is 3.36. The number of rotatable bonds is 2. The standard InChI is InChI=1S/C11H17N5O/c12-10-5-13-14-6-11(10)16-3-1-15(2-4-16)9-7-17-8-9/h5-6,9H,1-4,7-8H2,(H2,12,14). The molecule has 0 aromatic carbocycles. The Morgan fingerprint density at radius 1 is 1.12 bits per heavy atom. The fourth-order valence-corrected chi connectivity index (χ4v) is 2.35. The Labute approximate surface area is 100 Å². The van der Waals surface area contributed by atoms with Crippen molar-refractivity contribution >= 4 is 11.4 Å². The van der Waals surface area contributed by atoms with Crippen molar-refractivity contribution in [3.8, 4) is 0 Å². The molecule has 0 aliphatic carbocycles. The predicted octanol–water partition coefficient (Wildman–Crippen LogP) is -0.420. The van der Waals surface area contributed by atoms with Crippen LogP contribution in [-0.4, -0.2) is 60.5 Å². The van der Waals surface area contributed by atoms with E-state index in [2.05, 4.69) is 20.0 Å². The second-order valence-electron chi connectivity index (χ2n) is 4.54. The molecule has 6 nitrogen and oxygen atoms in total. The van der Waals surface area contributed by atoms with Crippen molar-refractivity contribution in [3.63, 3.8) is 0 Å². The quantitative estimate of drug-likeness (QED) is 0.751.